The number of hydrogen-bond donors (Lipinski definition) is 1. The highest BCUT2D eigenvalue weighted by Crippen LogP contribution is 2.56. The van der Waals surface area contributed by atoms with Gasteiger partial charge in [0.05, 0.1) is 12.4 Å². The van der Waals surface area contributed by atoms with Gasteiger partial charge in [-0.2, -0.15) is 9.35 Å². The Kier molecular flexibility index (Phi) is 12.4. The van der Waals surface area contributed by atoms with Crippen LogP contribution in [0.1, 0.15) is 47.5 Å². The summed E-state index contributed by atoms with van der Waals surface area (Å²) in [6.07, 6.45) is 4.41. The largest absolute Gasteiger partial charge is 0.724 e. The quantitative estimate of drug-likeness (QED) is 0.148. The van der Waals surface area contributed by atoms with Crippen molar-refractivity contribution >= 4 is 51.6 Å². The molecule has 14 heteroatoms. The zero-order valence-electron chi connectivity index (χ0n) is 30.6. The molecule has 0 radical (unpaired) electrons. The Morgan fingerprint density at radius 1 is 0.887 bits per heavy atom. The molecule has 0 unspecified atom stereocenters. The number of benzene rings is 3. The van der Waals surface area contributed by atoms with E-state index in [1.165, 1.54) is 15.9 Å². The molecule has 2 bridgehead atoms. The summed E-state index contributed by atoms with van der Waals surface area (Å²) < 4.78 is 42.4. The lowest BCUT2D eigenvalue weighted by atomic mass is 10.00. The lowest BCUT2D eigenvalue weighted by Gasteiger charge is -2.35. The van der Waals surface area contributed by atoms with E-state index in [1.54, 1.807) is 38.7 Å². The van der Waals surface area contributed by atoms with Gasteiger partial charge < -0.3 is 24.4 Å². The fraction of sp³-hybridized carbons (Fsp3) is 0.359. The lowest BCUT2D eigenvalue weighted by molar-refractivity contribution is -0.125. The molecule has 2 saturated heterocycles. The molecule has 3 aromatic carbocycles. The zero-order chi connectivity index (χ0) is 38.4. The van der Waals surface area contributed by atoms with Gasteiger partial charge in [0.25, 0.3) is 0 Å². The van der Waals surface area contributed by atoms with Crippen LogP contribution in [0.3, 0.4) is 0 Å². The number of piperidine rings is 1. The van der Waals surface area contributed by atoms with Crippen molar-refractivity contribution < 1.29 is 36.4 Å². The van der Waals surface area contributed by atoms with Crippen LogP contribution in [0, 0.1) is 0 Å². The number of fused-ring (bicyclic) bond motifs is 2. The molecule has 3 aromatic rings. The Morgan fingerprint density at radius 3 is 1.81 bits per heavy atom. The van der Waals surface area contributed by atoms with E-state index in [0.717, 1.165) is 4.90 Å². The molecule has 1 N–H and O–H groups in total. The first kappa shape index (κ1) is 39.7. The van der Waals surface area contributed by atoms with E-state index >= 15 is 0 Å². The Labute approximate surface area is 312 Å². The molecule has 2 atom stereocenters. The number of carbonyl (C=O) groups is 3. The molecule has 0 saturated carbocycles. The summed E-state index contributed by atoms with van der Waals surface area (Å²) in [5.74, 6) is 1.99. The van der Waals surface area contributed by atoms with Crippen molar-refractivity contribution in [2.45, 2.75) is 71.2 Å². The van der Waals surface area contributed by atoms with Crippen molar-refractivity contribution in [1.82, 2.24) is 20.2 Å². The molecule has 4 amide bonds. The highest BCUT2D eigenvalue weighted by Gasteiger charge is 2.49. The fourth-order valence-corrected chi connectivity index (χ4v) is 10.9. The van der Waals surface area contributed by atoms with Crippen LogP contribution in [0.25, 0.3) is 0 Å². The molecule has 6 rings (SSSR count). The first-order valence-electron chi connectivity index (χ1n) is 17.5. The van der Waals surface area contributed by atoms with Gasteiger partial charge in [0.15, 0.2) is 0 Å². The average Bonchev–Trinajstić information content (AvgIpc) is 3.39. The predicted octanol–water partition coefficient (Wildman–Crippen LogP) is 4.84. The average molecular weight is 763 g/mol. The third-order valence-electron chi connectivity index (χ3n) is 9.17. The van der Waals surface area contributed by atoms with Crippen LogP contribution >= 0.6 is 7.26 Å². The molecule has 12 nitrogen and oxygen atoms in total. The van der Waals surface area contributed by atoms with Gasteiger partial charge in [-0.1, -0.05) is 66.7 Å². The first-order chi connectivity index (χ1) is 25.1. The second kappa shape index (κ2) is 16.6. The highest BCUT2D eigenvalue weighted by atomic mass is 32.3. The number of carbonyl (C=O) groups excluding carboxylic acids is 3. The van der Waals surface area contributed by atoms with Crippen molar-refractivity contribution in [2.24, 2.45) is 0 Å². The van der Waals surface area contributed by atoms with Gasteiger partial charge >= 0.3 is 12.1 Å². The monoisotopic (exact) mass is 762 g/mol. The molecule has 282 valence electrons. The van der Waals surface area contributed by atoms with Crippen LogP contribution in [-0.4, -0.2) is 89.2 Å². The maximum atomic E-state index is 12.8. The van der Waals surface area contributed by atoms with Gasteiger partial charge in [0, 0.05) is 19.1 Å². The van der Waals surface area contributed by atoms with Gasteiger partial charge in [0.2, 0.25) is 16.3 Å². The number of nitrogens with one attached hydrogen (secondary N) is 1. The van der Waals surface area contributed by atoms with E-state index in [4.69, 9.17) is 4.74 Å². The maximum Gasteiger partial charge on any atom is 0.410 e. The lowest BCUT2D eigenvalue weighted by Crippen LogP contribution is -2.53. The van der Waals surface area contributed by atoms with Gasteiger partial charge in [-0.05, 0) is 89.4 Å². The molecule has 2 fully saturated rings. The third kappa shape index (κ3) is 9.52. The number of rotatable bonds is 8. The molecule has 3 aliphatic heterocycles. The highest BCUT2D eigenvalue weighted by molar-refractivity contribution is 7.98. The Bertz CT molecular complexity index is 1820. The van der Waals surface area contributed by atoms with E-state index < -0.39 is 53.4 Å². The summed E-state index contributed by atoms with van der Waals surface area (Å²) in [7, 11) is -6.86. The van der Waals surface area contributed by atoms with Gasteiger partial charge in [0.1, 0.15) is 40.9 Å². The molecule has 3 heterocycles. The number of allylic oxidation sites excluding steroid dienone is 1. The van der Waals surface area contributed by atoms with Crippen molar-refractivity contribution in [2.75, 3.05) is 19.6 Å². The Morgan fingerprint density at radius 2 is 1.38 bits per heavy atom. The van der Waals surface area contributed by atoms with Crippen LogP contribution in [-0.2, 0) is 24.2 Å². The molecule has 0 aromatic heterocycles. The minimum absolute atomic E-state index is 0.0336. The first-order valence-corrected chi connectivity index (χ1v) is 20.7. The number of amides is 4. The standard InChI is InChI=1S/C21H20P.C18H28N4O8S/c1-2-18-22(19-12-6-3-7-13-19,20-14-8-4-9-15-20)21-16-10-5-11-17-21;1-11-9-13(21-10-14(11)22(16(21)24)30-31(26,27)28)15(23)19-12-5-7-20(8-6-12)17(25)29-18(2,3)4/h2-18H,1H3;9,12-14H,5-8,10H2,1-4H3,(H,19,23)(H,26,27,28)/q+1;/p-1/b18-2+;/t;13-,14-/m.0/s1. The molecule has 0 spiro atoms. The van der Waals surface area contributed by atoms with E-state index in [0.29, 0.717) is 36.6 Å². The number of hydrogen-bond acceptors (Lipinski definition) is 8. The van der Waals surface area contributed by atoms with Crippen molar-refractivity contribution in [3.05, 3.63) is 115 Å². The van der Waals surface area contributed by atoms with Crippen molar-refractivity contribution in [1.29, 1.82) is 0 Å². The number of ether oxygens (including phenoxy) is 1. The SMILES string of the molecule is C/C=C/[P+](c1ccccc1)(c1ccccc1)c1ccccc1.CC1=C[C@@H](C(=O)NC2CCN(C(=O)OC(C)(C)C)CC2)N2C[C@@H]1N(OS(=O)(=O)[O-])C2=O. The van der Waals surface area contributed by atoms with Crippen LogP contribution in [0.4, 0.5) is 9.59 Å². The van der Waals surface area contributed by atoms with Crippen LogP contribution in [0.5, 0.6) is 0 Å². The summed E-state index contributed by atoms with van der Waals surface area (Å²) in [4.78, 5) is 40.3. The Hall–Kier alpha value is -4.55. The number of hydroxylamine groups is 2. The minimum Gasteiger partial charge on any atom is -0.724 e. The number of likely N-dealkylation sites (tertiary alicyclic amines) is 1. The maximum absolute atomic E-state index is 12.8. The van der Waals surface area contributed by atoms with Gasteiger partial charge in [-0.25, -0.2) is 18.0 Å². The van der Waals surface area contributed by atoms with Crippen LogP contribution in [0.15, 0.2) is 115 Å². The Balaban J connectivity index is 0.000000216. The van der Waals surface area contributed by atoms with Crippen molar-refractivity contribution in [3.63, 3.8) is 0 Å². The summed E-state index contributed by atoms with van der Waals surface area (Å²) in [5.41, 5.74) is -0.0399. The fourth-order valence-electron chi connectivity index (χ4n) is 6.75. The smallest absolute Gasteiger partial charge is 0.410 e. The second-order valence-electron chi connectivity index (χ2n) is 14.1. The second-order valence-corrected chi connectivity index (χ2v) is 18.3. The zero-order valence-corrected chi connectivity index (χ0v) is 32.3. The van der Waals surface area contributed by atoms with E-state index in [2.05, 4.69) is 119 Å². The van der Waals surface area contributed by atoms with E-state index in [-0.39, 0.29) is 12.6 Å². The van der Waals surface area contributed by atoms with E-state index in [1.807, 2.05) is 0 Å². The molecule has 53 heavy (non-hydrogen) atoms. The number of nitrogens with zero attached hydrogens (tertiary/aromatic N) is 3. The van der Waals surface area contributed by atoms with Crippen molar-refractivity contribution in [3.8, 4) is 0 Å². The number of urea groups is 1. The molecular formula is C39H47N4O8PS. The normalized spacial score (nSPS) is 19.4. The summed E-state index contributed by atoms with van der Waals surface area (Å²) in [5, 5.41) is 7.57. The van der Waals surface area contributed by atoms with E-state index in [9.17, 15) is 27.4 Å². The molecule has 0 aliphatic carbocycles. The third-order valence-corrected chi connectivity index (χ3v) is 13.6. The molecule has 3 aliphatic rings. The summed E-state index contributed by atoms with van der Waals surface area (Å²) >= 11 is 0. The minimum atomic E-state index is -5.13. The van der Waals surface area contributed by atoms with Crippen LogP contribution < -0.4 is 21.2 Å². The van der Waals surface area contributed by atoms with Crippen LogP contribution in [0.2, 0.25) is 0 Å². The summed E-state index contributed by atoms with van der Waals surface area (Å²) in [6.45, 7) is 10.0. The predicted molar refractivity (Wildman–Crippen MR) is 205 cm³/mol. The van der Waals surface area contributed by atoms with Gasteiger partial charge in [-0.3, -0.25) is 4.79 Å². The topological polar surface area (TPSA) is 149 Å². The molecular weight excluding hydrogens is 715 g/mol. The van der Waals surface area contributed by atoms with Gasteiger partial charge in [-0.15, -0.1) is 0 Å². The summed E-state index contributed by atoms with van der Waals surface area (Å²) in [6, 6.07) is 29.9.